The van der Waals surface area contributed by atoms with Gasteiger partial charge in [-0.2, -0.15) is 0 Å². The second-order valence-corrected chi connectivity index (χ2v) is 4.19. The number of hydrogen-bond donors (Lipinski definition) is 5. The summed E-state index contributed by atoms with van der Waals surface area (Å²) in [5, 5.41) is 29.8. The Morgan fingerprint density at radius 3 is 2.64 bits per heavy atom. The number of amides is 1. The lowest BCUT2D eigenvalue weighted by Gasteiger charge is -2.36. The van der Waals surface area contributed by atoms with Gasteiger partial charge in [-0.05, 0) is 0 Å². The molecule has 6 nitrogen and oxygen atoms in total. The molecule has 1 amide bonds. The molecule has 0 aromatic rings. The second-order valence-electron chi connectivity index (χ2n) is 3.12. The summed E-state index contributed by atoms with van der Waals surface area (Å²) < 4.78 is 2.75. The van der Waals surface area contributed by atoms with Crippen LogP contribution in [0, 0.1) is 0 Å². The Hall–Kier alpha value is -0.340. The Morgan fingerprint density at radius 1 is 1.50 bits per heavy atom. The number of nitrogens with one attached hydrogen (secondary N) is 2. The smallest absolute Gasteiger partial charge is 0.218 e. The number of aliphatic hydroxyl groups is 3. The Morgan fingerprint density at radius 2 is 2.14 bits per heavy atom. The summed E-state index contributed by atoms with van der Waals surface area (Å²) in [5.74, 6) is -0.295. The zero-order valence-electron chi connectivity index (χ0n) is 7.67. The lowest BCUT2D eigenvalue weighted by atomic mass is 10.1. The van der Waals surface area contributed by atoms with E-state index in [1.165, 1.54) is 6.92 Å². The predicted octanol–water partition coefficient (Wildman–Crippen LogP) is -2.22. The number of hydrogen-bond acceptors (Lipinski definition) is 6. The normalized spacial score (nSPS) is 38.0. The quantitative estimate of drug-likeness (QED) is 0.339. The highest BCUT2D eigenvalue weighted by Gasteiger charge is 2.37. The molecule has 0 spiro atoms. The second kappa shape index (κ2) is 4.94. The van der Waals surface area contributed by atoms with E-state index in [0.29, 0.717) is 0 Å². The molecule has 7 heteroatoms. The van der Waals surface area contributed by atoms with Crippen LogP contribution in [-0.2, 0) is 4.79 Å². The predicted molar refractivity (Wildman–Crippen MR) is 51.2 cm³/mol. The summed E-state index contributed by atoms with van der Waals surface area (Å²) in [4.78, 5) is 10.7. The highest BCUT2D eigenvalue weighted by atomic mass is 32.2. The van der Waals surface area contributed by atoms with Crippen LogP contribution in [0.25, 0.3) is 0 Å². The number of carbonyl (C=O) groups excluding carboxylic acids is 1. The molecule has 0 bridgehead atoms. The molecule has 82 valence electrons. The molecule has 1 fully saturated rings. The van der Waals surface area contributed by atoms with Crippen LogP contribution in [0.1, 0.15) is 6.92 Å². The van der Waals surface area contributed by atoms with Gasteiger partial charge in [0.05, 0.1) is 18.0 Å². The van der Waals surface area contributed by atoms with Crippen LogP contribution >= 0.6 is 11.9 Å². The van der Waals surface area contributed by atoms with E-state index < -0.39 is 23.6 Å². The Labute approximate surface area is 85.8 Å². The minimum atomic E-state index is -1.11. The fourth-order valence-electron chi connectivity index (χ4n) is 1.20. The molecule has 3 unspecified atom stereocenters. The van der Waals surface area contributed by atoms with E-state index in [2.05, 4.69) is 10.0 Å². The number of rotatable bonds is 2. The number of aliphatic hydroxyl groups excluding tert-OH is 3. The monoisotopic (exact) mass is 222 g/mol. The Kier molecular flexibility index (Phi) is 4.14. The molecule has 4 atom stereocenters. The first-order valence-electron chi connectivity index (χ1n) is 4.21. The lowest BCUT2D eigenvalue weighted by Crippen LogP contribution is -2.61. The van der Waals surface area contributed by atoms with Gasteiger partial charge in [0.2, 0.25) is 5.91 Å². The van der Waals surface area contributed by atoms with Crippen LogP contribution in [0.15, 0.2) is 0 Å². The molecule has 0 aliphatic carbocycles. The lowest BCUT2D eigenvalue weighted by molar-refractivity contribution is -0.121. The van der Waals surface area contributed by atoms with Crippen molar-refractivity contribution in [2.75, 3.05) is 6.61 Å². The number of carbonyl (C=O) groups is 1. The van der Waals surface area contributed by atoms with E-state index >= 15 is 0 Å². The Balaban J connectivity index is 2.54. The van der Waals surface area contributed by atoms with Gasteiger partial charge in [-0.3, -0.25) is 4.79 Å². The zero-order chi connectivity index (χ0) is 10.7. The Bertz CT molecular complexity index is 216. The third-order valence-electron chi connectivity index (χ3n) is 1.96. The van der Waals surface area contributed by atoms with Crippen molar-refractivity contribution < 1.29 is 20.1 Å². The summed E-state index contributed by atoms with van der Waals surface area (Å²) in [6.07, 6.45) is -2.85. The highest BCUT2D eigenvalue weighted by Crippen LogP contribution is 2.21. The van der Waals surface area contributed by atoms with Crippen molar-refractivity contribution in [1.82, 2.24) is 10.0 Å². The van der Waals surface area contributed by atoms with Crippen LogP contribution in [0.2, 0.25) is 0 Å². The molecule has 0 aromatic carbocycles. The fraction of sp³-hybridized carbons (Fsp3) is 0.857. The third-order valence-corrected chi connectivity index (χ3v) is 3.08. The molecule has 1 heterocycles. The first-order chi connectivity index (χ1) is 6.56. The van der Waals surface area contributed by atoms with Crippen LogP contribution < -0.4 is 10.0 Å². The minimum Gasteiger partial charge on any atom is -0.395 e. The molecule has 0 radical (unpaired) electrons. The molecule has 5 N–H and O–H groups in total. The van der Waals surface area contributed by atoms with Gasteiger partial charge < -0.3 is 20.6 Å². The van der Waals surface area contributed by atoms with Crippen LogP contribution in [0.3, 0.4) is 0 Å². The van der Waals surface area contributed by atoms with Gasteiger partial charge in [-0.1, -0.05) is 11.9 Å². The minimum absolute atomic E-state index is 0.233. The summed E-state index contributed by atoms with van der Waals surface area (Å²) in [6.45, 7) is 1.09. The van der Waals surface area contributed by atoms with Crippen molar-refractivity contribution in [2.45, 2.75) is 30.5 Å². The van der Waals surface area contributed by atoms with Crippen LogP contribution in [0.5, 0.6) is 0 Å². The largest absolute Gasteiger partial charge is 0.395 e. The van der Waals surface area contributed by atoms with E-state index in [1.54, 1.807) is 0 Å². The van der Waals surface area contributed by atoms with Crippen LogP contribution in [0.4, 0.5) is 0 Å². The maximum absolute atomic E-state index is 10.7. The molecule has 14 heavy (non-hydrogen) atoms. The molecule has 1 rings (SSSR count). The van der Waals surface area contributed by atoms with Crippen LogP contribution in [-0.4, -0.2) is 51.5 Å². The molecular weight excluding hydrogens is 208 g/mol. The van der Waals surface area contributed by atoms with Gasteiger partial charge in [0.15, 0.2) is 0 Å². The average molecular weight is 222 g/mol. The third kappa shape index (κ3) is 2.58. The molecule has 1 saturated heterocycles. The van der Waals surface area contributed by atoms with Gasteiger partial charge in [0.25, 0.3) is 0 Å². The maximum atomic E-state index is 10.7. The zero-order valence-corrected chi connectivity index (χ0v) is 8.49. The van der Waals surface area contributed by atoms with E-state index in [0.717, 1.165) is 11.9 Å². The first-order valence-corrected chi connectivity index (χ1v) is 5.09. The standard InChI is InChI=1S/C7H14N2O4S/c1-3(11)8-7-6(13)5(12)4(2-10)14-9-7/h4-7,9-10,12-13H,2H2,1H3,(H,8,11)/t4?,5-,6?,7?/m1/s1. The molecule has 0 aromatic heterocycles. The van der Waals surface area contributed by atoms with Crippen molar-refractivity contribution in [3.63, 3.8) is 0 Å². The maximum Gasteiger partial charge on any atom is 0.218 e. The van der Waals surface area contributed by atoms with Gasteiger partial charge in [-0.25, -0.2) is 4.72 Å². The first kappa shape index (κ1) is 11.7. The summed E-state index contributed by atoms with van der Waals surface area (Å²) in [5.41, 5.74) is 0. The summed E-state index contributed by atoms with van der Waals surface area (Å²) >= 11 is 1.10. The van der Waals surface area contributed by atoms with E-state index in [-0.39, 0.29) is 12.5 Å². The van der Waals surface area contributed by atoms with Crippen molar-refractivity contribution in [2.24, 2.45) is 0 Å². The molecule has 1 aliphatic heterocycles. The average Bonchev–Trinajstić information content (AvgIpc) is 2.13. The van der Waals surface area contributed by atoms with Crippen molar-refractivity contribution in [3.05, 3.63) is 0 Å². The van der Waals surface area contributed by atoms with Gasteiger partial charge in [-0.15, -0.1) is 0 Å². The topological polar surface area (TPSA) is 102 Å². The summed E-state index contributed by atoms with van der Waals surface area (Å²) in [6, 6.07) is 0. The van der Waals surface area contributed by atoms with Gasteiger partial charge in [0.1, 0.15) is 12.3 Å². The molecule has 0 saturated carbocycles. The SMILES string of the molecule is CC(=O)NC1NSC(CO)[C@@H](O)C1O. The van der Waals surface area contributed by atoms with Crippen molar-refractivity contribution in [3.8, 4) is 0 Å². The molecule has 1 aliphatic rings. The van der Waals surface area contributed by atoms with Crippen molar-refractivity contribution in [1.29, 1.82) is 0 Å². The van der Waals surface area contributed by atoms with E-state index in [9.17, 15) is 15.0 Å². The highest BCUT2D eigenvalue weighted by molar-refractivity contribution is 7.98. The van der Waals surface area contributed by atoms with Gasteiger partial charge in [0, 0.05) is 6.92 Å². The molecular formula is C7H14N2O4S. The van der Waals surface area contributed by atoms with E-state index in [1.807, 2.05) is 0 Å². The fourth-order valence-corrected chi connectivity index (χ4v) is 2.09. The van der Waals surface area contributed by atoms with E-state index in [4.69, 9.17) is 5.11 Å². The van der Waals surface area contributed by atoms with Gasteiger partial charge >= 0.3 is 0 Å². The van der Waals surface area contributed by atoms with Crippen molar-refractivity contribution >= 4 is 17.9 Å². The summed E-state index contributed by atoms with van der Waals surface area (Å²) in [7, 11) is 0.